The van der Waals surface area contributed by atoms with Gasteiger partial charge in [0, 0.05) is 30.9 Å². The van der Waals surface area contributed by atoms with Gasteiger partial charge in [-0.15, -0.1) is 0 Å². The van der Waals surface area contributed by atoms with Crippen molar-refractivity contribution in [2.24, 2.45) is 0 Å². The Bertz CT molecular complexity index is 853. The number of benzene rings is 2. The lowest BCUT2D eigenvalue weighted by Crippen LogP contribution is -2.36. The highest BCUT2D eigenvalue weighted by molar-refractivity contribution is 6.32. The summed E-state index contributed by atoms with van der Waals surface area (Å²) in [5.74, 6) is -0.356. The molecule has 0 spiro atoms. The van der Waals surface area contributed by atoms with Crippen molar-refractivity contribution in [2.75, 3.05) is 29.2 Å². The fraction of sp³-hybridized carbons (Fsp3) is 0.211. The first-order valence-corrected chi connectivity index (χ1v) is 8.47. The van der Waals surface area contributed by atoms with E-state index in [9.17, 15) is 14.4 Å². The van der Waals surface area contributed by atoms with Crippen molar-refractivity contribution in [1.82, 2.24) is 0 Å². The number of hydrogen-bond acceptors (Lipinski definition) is 4. The Labute approximate surface area is 162 Å². The average molecular weight is 390 g/mol. The fourth-order valence-corrected chi connectivity index (χ4v) is 2.66. The van der Waals surface area contributed by atoms with Crippen LogP contribution in [0.25, 0.3) is 0 Å². The van der Waals surface area contributed by atoms with E-state index in [1.54, 1.807) is 42.5 Å². The maximum atomic E-state index is 12.3. The summed E-state index contributed by atoms with van der Waals surface area (Å²) in [6, 6.07) is 11.5. The minimum absolute atomic E-state index is 0.168. The van der Waals surface area contributed by atoms with Crippen molar-refractivity contribution < 1.29 is 19.1 Å². The van der Waals surface area contributed by atoms with E-state index in [2.05, 4.69) is 10.6 Å². The second kappa shape index (κ2) is 9.05. The van der Waals surface area contributed by atoms with E-state index < -0.39 is 0 Å². The number of hydrogen-bond donors (Lipinski definition) is 2. The fourth-order valence-electron chi connectivity index (χ4n) is 2.40. The summed E-state index contributed by atoms with van der Waals surface area (Å²) >= 11 is 6.05. The highest BCUT2D eigenvalue weighted by Gasteiger charge is 2.16. The van der Waals surface area contributed by atoms with Crippen molar-refractivity contribution >= 4 is 46.4 Å². The molecule has 0 heterocycles. The van der Waals surface area contributed by atoms with Gasteiger partial charge in [-0.2, -0.15) is 0 Å². The highest BCUT2D eigenvalue weighted by Crippen LogP contribution is 2.27. The maximum Gasteiger partial charge on any atom is 0.244 e. The lowest BCUT2D eigenvalue weighted by atomic mass is 10.2. The summed E-state index contributed by atoms with van der Waals surface area (Å²) in [5, 5.41) is 5.71. The molecule has 0 saturated heterocycles. The van der Waals surface area contributed by atoms with Crippen LogP contribution in [0.1, 0.15) is 13.8 Å². The van der Waals surface area contributed by atoms with Crippen LogP contribution in [-0.4, -0.2) is 31.4 Å². The minimum atomic E-state index is -0.377. The molecule has 2 aromatic carbocycles. The smallest absolute Gasteiger partial charge is 0.244 e. The third-order valence-electron chi connectivity index (χ3n) is 3.62. The second-order valence-electron chi connectivity index (χ2n) is 5.73. The molecule has 0 aliphatic carbocycles. The van der Waals surface area contributed by atoms with Gasteiger partial charge >= 0.3 is 0 Å². The van der Waals surface area contributed by atoms with Gasteiger partial charge in [-0.3, -0.25) is 14.4 Å². The van der Waals surface area contributed by atoms with E-state index in [0.29, 0.717) is 27.8 Å². The van der Waals surface area contributed by atoms with Crippen molar-refractivity contribution in [3.8, 4) is 5.75 Å². The van der Waals surface area contributed by atoms with Crippen LogP contribution in [0.4, 0.5) is 17.1 Å². The molecule has 142 valence electrons. The zero-order chi connectivity index (χ0) is 20.0. The van der Waals surface area contributed by atoms with E-state index in [0.717, 1.165) is 0 Å². The Morgan fingerprint density at radius 2 is 1.63 bits per heavy atom. The molecule has 0 saturated carbocycles. The van der Waals surface area contributed by atoms with Crippen molar-refractivity contribution in [3.63, 3.8) is 0 Å². The molecular formula is C19H20ClN3O4. The molecule has 0 bridgehead atoms. The van der Waals surface area contributed by atoms with Crippen molar-refractivity contribution in [3.05, 3.63) is 47.5 Å². The number of rotatable bonds is 6. The molecule has 0 unspecified atom stereocenters. The topological polar surface area (TPSA) is 87.7 Å². The summed E-state index contributed by atoms with van der Waals surface area (Å²) in [7, 11) is 1.50. The van der Waals surface area contributed by atoms with E-state index in [4.69, 9.17) is 16.3 Å². The first-order valence-electron chi connectivity index (χ1n) is 8.09. The van der Waals surface area contributed by atoms with Gasteiger partial charge in [0.15, 0.2) is 0 Å². The highest BCUT2D eigenvalue weighted by atomic mass is 35.5. The standard InChI is InChI=1S/C19H20ClN3O4/c1-12(24)21-14-4-7-16(8-5-14)23(13(2)25)11-19(26)22-15-6-9-18(27-3)17(20)10-15/h4-10H,11H2,1-3H3,(H,21,24)(H,22,26). The second-order valence-corrected chi connectivity index (χ2v) is 6.14. The van der Waals surface area contributed by atoms with E-state index in [1.807, 2.05) is 0 Å². The van der Waals surface area contributed by atoms with E-state index >= 15 is 0 Å². The molecule has 0 aromatic heterocycles. The molecule has 0 fully saturated rings. The normalized spacial score (nSPS) is 10.1. The van der Waals surface area contributed by atoms with E-state index in [1.165, 1.54) is 25.9 Å². The number of carbonyl (C=O) groups is 3. The number of methoxy groups -OCH3 is 1. The van der Waals surface area contributed by atoms with Crippen LogP contribution >= 0.6 is 11.6 Å². The predicted molar refractivity (Wildman–Crippen MR) is 105 cm³/mol. The van der Waals surface area contributed by atoms with Crippen LogP contribution in [0, 0.1) is 0 Å². The van der Waals surface area contributed by atoms with Gasteiger partial charge < -0.3 is 20.3 Å². The van der Waals surface area contributed by atoms with Gasteiger partial charge in [0.1, 0.15) is 12.3 Å². The number of ether oxygens (including phenoxy) is 1. The molecule has 0 radical (unpaired) electrons. The van der Waals surface area contributed by atoms with Crippen LogP contribution in [-0.2, 0) is 14.4 Å². The first-order chi connectivity index (χ1) is 12.8. The first kappa shape index (κ1) is 20.3. The third kappa shape index (κ3) is 5.72. The number of halogens is 1. The van der Waals surface area contributed by atoms with Gasteiger partial charge in [-0.05, 0) is 42.5 Å². The Hall–Kier alpha value is -3.06. The van der Waals surface area contributed by atoms with Crippen LogP contribution in [0.2, 0.25) is 5.02 Å². The Morgan fingerprint density at radius 3 is 2.15 bits per heavy atom. The minimum Gasteiger partial charge on any atom is -0.495 e. The molecule has 27 heavy (non-hydrogen) atoms. The summed E-state index contributed by atoms with van der Waals surface area (Å²) < 4.78 is 5.07. The quantitative estimate of drug-likeness (QED) is 0.793. The molecule has 8 heteroatoms. The molecule has 2 N–H and O–H groups in total. The van der Waals surface area contributed by atoms with Gasteiger partial charge in [0.2, 0.25) is 17.7 Å². The Kier molecular flexibility index (Phi) is 6.79. The molecule has 2 aromatic rings. The molecule has 0 aliphatic rings. The Morgan fingerprint density at radius 1 is 1.00 bits per heavy atom. The number of carbonyl (C=O) groups excluding carboxylic acids is 3. The predicted octanol–water partition coefficient (Wildman–Crippen LogP) is 3.30. The Balaban J connectivity index is 2.09. The average Bonchev–Trinajstić information content (AvgIpc) is 2.60. The lowest BCUT2D eigenvalue weighted by Gasteiger charge is -2.21. The summed E-state index contributed by atoms with van der Waals surface area (Å²) in [6.45, 7) is 2.61. The third-order valence-corrected chi connectivity index (χ3v) is 3.91. The van der Waals surface area contributed by atoms with Crippen LogP contribution in [0.3, 0.4) is 0 Å². The zero-order valence-corrected chi connectivity index (χ0v) is 16.0. The molecular weight excluding hydrogens is 370 g/mol. The van der Waals surface area contributed by atoms with Gasteiger partial charge in [-0.25, -0.2) is 0 Å². The summed E-state index contributed by atoms with van der Waals surface area (Å²) in [5.41, 5.74) is 1.64. The van der Waals surface area contributed by atoms with Gasteiger partial charge in [0.25, 0.3) is 0 Å². The lowest BCUT2D eigenvalue weighted by molar-refractivity contribution is -0.120. The van der Waals surface area contributed by atoms with Crippen LogP contribution < -0.4 is 20.3 Å². The number of amides is 3. The van der Waals surface area contributed by atoms with Crippen LogP contribution in [0.5, 0.6) is 5.75 Å². The van der Waals surface area contributed by atoms with Gasteiger partial charge in [-0.1, -0.05) is 11.6 Å². The molecule has 7 nitrogen and oxygen atoms in total. The maximum absolute atomic E-state index is 12.3. The number of nitrogens with zero attached hydrogens (tertiary/aromatic N) is 1. The van der Waals surface area contributed by atoms with Gasteiger partial charge in [0.05, 0.1) is 12.1 Å². The molecule has 0 atom stereocenters. The van der Waals surface area contributed by atoms with Crippen LogP contribution in [0.15, 0.2) is 42.5 Å². The number of nitrogens with one attached hydrogen (secondary N) is 2. The summed E-state index contributed by atoms with van der Waals surface area (Å²) in [6.07, 6.45) is 0. The largest absolute Gasteiger partial charge is 0.495 e. The SMILES string of the molecule is COc1ccc(NC(=O)CN(C(C)=O)c2ccc(NC(C)=O)cc2)cc1Cl. The molecule has 2 rings (SSSR count). The molecule has 3 amide bonds. The monoisotopic (exact) mass is 389 g/mol. The van der Waals surface area contributed by atoms with E-state index in [-0.39, 0.29) is 24.3 Å². The summed E-state index contributed by atoms with van der Waals surface area (Å²) in [4.78, 5) is 36.7. The number of anilines is 3. The van der Waals surface area contributed by atoms with Crippen molar-refractivity contribution in [1.29, 1.82) is 0 Å². The van der Waals surface area contributed by atoms with Crippen molar-refractivity contribution in [2.45, 2.75) is 13.8 Å². The zero-order valence-electron chi connectivity index (χ0n) is 15.2. The molecule has 0 aliphatic heterocycles.